The van der Waals surface area contributed by atoms with Crippen LogP contribution in [0, 0.1) is 0 Å². The van der Waals surface area contributed by atoms with Crippen LogP contribution in [-0.2, 0) is 4.79 Å². The zero-order valence-electron chi connectivity index (χ0n) is 12.5. The van der Waals surface area contributed by atoms with E-state index in [0.29, 0.717) is 29.8 Å². The fourth-order valence-electron chi connectivity index (χ4n) is 2.45. The Morgan fingerprint density at radius 3 is 2.87 bits per heavy atom. The molecule has 6 heteroatoms. The van der Waals surface area contributed by atoms with Crippen LogP contribution < -0.4 is 4.74 Å². The molecule has 0 spiro atoms. The lowest BCUT2D eigenvalue weighted by Gasteiger charge is -2.31. The fraction of sp³-hybridized carbons (Fsp3) is 0.294. The van der Waals surface area contributed by atoms with Crippen molar-refractivity contribution in [3.63, 3.8) is 0 Å². The van der Waals surface area contributed by atoms with Gasteiger partial charge in [-0.3, -0.25) is 4.79 Å². The van der Waals surface area contributed by atoms with Crippen molar-refractivity contribution in [3.05, 3.63) is 53.6 Å². The zero-order valence-corrected chi connectivity index (χ0v) is 13.3. The van der Waals surface area contributed by atoms with Crippen molar-refractivity contribution in [1.29, 1.82) is 0 Å². The monoisotopic (exact) mass is 332 g/mol. The lowest BCUT2D eigenvalue weighted by atomic mass is 10.1. The first-order chi connectivity index (χ1) is 11.2. The Balaban J connectivity index is 1.50. The molecular weight excluding hydrogens is 316 g/mol. The van der Waals surface area contributed by atoms with Crippen LogP contribution in [0.1, 0.15) is 18.6 Å². The van der Waals surface area contributed by atoms with Gasteiger partial charge in [0.1, 0.15) is 16.9 Å². The molecule has 0 radical (unpaired) electrons. The van der Waals surface area contributed by atoms with Crippen LogP contribution in [0.15, 0.2) is 47.2 Å². The molecule has 0 aromatic carbocycles. The van der Waals surface area contributed by atoms with Crippen LogP contribution in [0.25, 0.3) is 6.08 Å². The van der Waals surface area contributed by atoms with Gasteiger partial charge in [0.25, 0.3) is 0 Å². The predicted octanol–water partition coefficient (Wildman–Crippen LogP) is 3.41. The van der Waals surface area contributed by atoms with Crippen molar-refractivity contribution in [3.8, 4) is 5.88 Å². The molecule has 0 aliphatic carbocycles. The Hall–Kier alpha value is -2.27. The molecule has 0 N–H and O–H groups in total. The standard InChI is InChI=1S/C17H17ClN2O3/c18-15-4-1-9-19-17(15)23-14-7-10-20(11-8-14)16(21)6-5-13-3-2-12-22-13/h1-6,9,12,14H,7-8,10-11H2. The number of hydrogen-bond acceptors (Lipinski definition) is 4. The number of pyridine rings is 1. The van der Waals surface area contributed by atoms with Gasteiger partial charge in [-0.2, -0.15) is 0 Å². The number of hydrogen-bond donors (Lipinski definition) is 0. The number of piperidine rings is 1. The number of carbonyl (C=O) groups is 1. The van der Waals surface area contributed by atoms with Gasteiger partial charge in [-0.1, -0.05) is 11.6 Å². The number of ether oxygens (including phenoxy) is 1. The number of carbonyl (C=O) groups excluding carboxylic acids is 1. The molecule has 2 aromatic heterocycles. The summed E-state index contributed by atoms with van der Waals surface area (Å²) in [6, 6.07) is 7.11. The Bertz CT molecular complexity index is 677. The van der Waals surface area contributed by atoms with Gasteiger partial charge in [0.15, 0.2) is 0 Å². The van der Waals surface area contributed by atoms with Crippen molar-refractivity contribution in [2.24, 2.45) is 0 Å². The predicted molar refractivity (Wildman–Crippen MR) is 87.2 cm³/mol. The van der Waals surface area contributed by atoms with E-state index in [9.17, 15) is 4.79 Å². The number of furan rings is 1. The molecule has 2 aromatic rings. The van der Waals surface area contributed by atoms with Gasteiger partial charge in [0, 0.05) is 38.2 Å². The third kappa shape index (κ3) is 4.13. The van der Waals surface area contributed by atoms with E-state index in [0.717, 1.165) is 12.8 Å². The molecule has 1 amide bonds. The average Bonchev–Trinajstić information content (AvgIpc) is 3.09. The molecule has 1 saturated heterocycles. The Kier molecular flexibility index (Phi) is 4.98. The Morgan fingerprint density at radius 1 is 1.35 bits per heavy atom. The number of likely N-dealkylation sites (tertiary alicyclic amines) is 1. The van der Waals surface area contributed by atoms with E-state index in [-0.39, 0.29) is 12.0 Å². The molecule has 0 bridgehead atoms. The summed E-state index contributed by atoms with van der Waals surface area (Å²) in [5, 5.41) is 0.507. The highest BCUT2D eigenvalue weighted by Gasteiger charge is 2.23. The van der Waals surface area contributed by atoms with Crippen LogP contribution in [0.2, 0.25) is 5.02 Å². The van der Waals surface area contributed by atoms with E-state index >= 15 is 0 Å². The van der Waals surface area contributed by atoms with Gasteiger partial charge in [-0.05, 0) is 30.3 Å². The summed E-state index contributed by atoms with van der Waals surface area (Å²) in [5.41, 5.74) is 0. The first kappa shape index (κ1) is 15.6. The summed E-state index contributed by atoms with van der Waals surface area (Å²) in [6.45, 7) is 1.30. The molecule has 5 nitrogen and oxygen atoms in total. The number of rotatable bonds is 4. The van der Waals surface area contributed by atoms with Gasteiger partial charge >= 0.3 is 0 Å². The molecule has 1 aliphatic rings. The number of nitrogens with zero attached hydrogens (tertiary/aromatic N) is 2. The smallest absolute Gasteiger partial charge is 0.246 e. The first-order valence-electron chi connectivity index (χ1n) is 7.50. The van der Waals surface area contributed by atoms with Gasteiger partial charge in [-0.15, -0.1) is 0 Å². The van der Waals surface area contributed by atoms with Crippen LogP contribution >= 0.6 is 11.6 Å². The fourth-order valence-corrected chi connectivity index (χ4v) is 2.62. The zero-order chi connectivity index (χ0) is 16.1. The minimum Gasteiger partial charge on any atom is -0.473 e. The summed E-state index contributed by atoms with van der Waals surface area (Å²) >= 11 is 6.04. The summed E-state index contributed by atoms with van der Waals surface area (Å²) in [5.74, 6) is 1.11. The van der Waals surface area contributed by atoms with Gasteiger partial charge in [-0.25, -0.2) is 4.98 Å². The quantitative estimate of drug-likeness (QED) is 0.805. The lowest BCUT2D eigenvalue weighted by Crippen LogP contribution is -2.41. The molecule has 1 aliphatic heterocycles. The van der Waals surface area contributed by atoms with Crippen LogP contribution in [-0.4, -0.2) is 35.0 Å². The third-order valence-corrected chi connectivity index (χ3v) is 3.98. The molecular formula is C17H17ClN2O3. The van der Waals surface area contributed by atoms with E-state index in [1.165, 1.54) is 6.08 Å². The molecule has 120 valence electrons. The summed E-state index contributed by atoms with van der Waals surface area (Å²) < 4.78 is 11.0. The van der Waals surface area contributed by atoms with Crippen molar-refractivity contribution in [2.75, 3.05) is 13.1 Å². The first-order valence-corrected chi connectivity index (χ1v) is 7.88. The van der Waals surface area contributed by atoms with Crippen LogP contribution in [0.5, 0.6) is 5.88 Å². The molecule has 0 saturated carbocycles. The van der Waals surface area contributed by atoms with Crippen molar-refractivity contribution in [2.45, 2.75) is 18.9 Å². The van der Waals surface area contributed by atoms with Gasteiger partial charge in [0.2, 0.25) is 11.8 Å². The second-order valence-corrected chi connectivity index (χ2v) is 5.69. The van der Waals surface area contributed by atoms with E-state index < -0.39 is 0 Å². The Labute approximate surface area is 139 Å². The van der Waals surface area contributed by atoms with Gasteiger partial charge < -0.3 is 14.1 Å². The SMILES string of the molecule is O=C(C=Cc1ccco1)N1CCC(Oc2ncccc2Cl)CC1. The second kappa shape index (κ2) is 7.33. The van der Waals surface area contributed by atoms with Gasteiger partial charge in [0.05, 0.1) is 6.26 Å². The van der Waals surface area contributed by atoms with Crippen LogP contribution in [0.4, 0.5) is 0 Å². The molecule has 0 atom stereocenters. The van der Waals surface area contributed by atoms with Crippen LogP contribution in [0.3, 0.4) is 0 Å². The number of aromatic nitrogens is 1. The molecule has 3 heterocycles. The topological polar surface area (TPSA) is 55.6 Å². The summed E-state index contributed by atoms with van der Waals surface area (Å²) in [7, 11) is 0. The highest BCUT2D eigenvalue weighted by molar-refractivity contribution is 6.31. The maximum absolute atomic E-state index is 12.1. The Morgan fingerprint density at radius 2 is 2.17 bits per heavy atom. The lowest BCUT2D eigenvalue weighted by molar-refractivity contribution is -0.127. The number of halogens is 1. The summed E-state index contributed by atoms with van der Waals surface area (Å²) in [4.78, 5) is 18.1. The van der Waals surface area contributed by atoms with Crippen molar-refractivity contribution < 1.29 is 13.9 Å². The normalized spacial score (nSPS) is 16.0. The second-order valence-electron chi connectivity index (χ2n) is 5.28. The summed E-state index contributed by atoms with van der Waals surface area (Å²) in [6.07, 6.45) is 7.99. The van der Waals surface area contributed by atoms with E-state index in [4.69, 9.17) is 20.8 Å². The molecule has 23 heavy (non-hydrogen) atoms. The minimum atomic E-state index is -0.0179. The molecule has 3 rings (SSSR count). The highest BCUT2D eigenvalue weighted by atomic mass is 35.5. The highest BCUT2D eigenvalue weighted by Crippen LogP contribution is 2.24. The maximum atomic E-state index is 12.1. The van der Waals surface area contributed by atoms with Crippen molar-refractivity contribution in [1.82, 2.24) is 9.88 Å². The third-order valence-electron chi connectivity index (χ3n) is 3.69. The van der Waals surface area contributed by atoms with E-state index in [2.05, 4.69) is 4.98 Å². The molecule has 1 fully saturated rings. The van der Waals surface area contributed by atoms with E-state index in [1.54, 1.807) is 47.7 Å². The minimum absolute atomic E-state index is 0.0179. The van der Waals surface area contributed by atoms with E-state index in [1.807, 2.05) is 0 Å². The number of amides is 1. The van der Waals surface area contributed by atoms with Crippen molar-refractivity contribution >= 4 is 23.6 Å². The average molecular weight is 333 g/mol. The molecule has 0 unspecified atom stereocenters. The largest absolute Gasteiger partial charge is 0.473 e. The maximum Gasteiger partial charge on any atom is 0.246 e.